The molecule has 0 radical (unpaired) electrons. The Hall–Kier alpha value is -2.04. The number of methoxy groups -OCH3 is 1. The van der Waals surface area contributed by atoms with Crippen LogP contribution in [0.25, 0.3) is 0 Å². The molecule has 0 spiro atoms. The summed E-state index contributed by atoms with van der Waals surface area (Å²) in [5.41, 5.74) is 0.542. The van der Waals surface area contributed by atoms with Gasteiger partial charge in [-0.05, 0) is 26.0 Å². The monoisotopic (exact) mass is 250 g/mol. The van der Waals surface area contributed by atoms with Crippen LogP contribution in [0.15, 0.2) is 24.3 Å². The third kappa shape index (κ3) is 3.48. The maximum absolute atomic E-state index is 11.7. The number of hydrogen-bond donors (Lipinski definition) is 1. The predicted octanol–water partition coefficient (Wildman–Crippen LogP) is 1.50. The van der Waals surface area contributed by atoms with Gasteiger partial charge in [-0.15, -0.1) is 0 Å². The topological polar surface area (TPSA) is 58.6 Å². The van der Waals surface area contributed by atoms with Crippen LogP contribution in [0, 0.1) is 0 Å². The van der Waals surface area contributed by atoms with Crippen LogP contribution in [-0.2, 0) is 9.59 Å². The van der Waals surface area contributed by atoms with Gasteiger partial charge >= 0.3 is 11.8 Å². The lowest BCUT2D eigenvalue weighted by atomic mass is 10.3. The number of anilines is 1. The van der Waals surface area contributed by atoms with Gasteiger partial charge in [0.25, 0.3) is 0 Å². The van der Waals surface area contributed by atoms with Crippen molar-refractivity contribution in [3.63, 3.8) is 0 Å². The number of nitrogens with zero attached hydrogens (tertiary/aromatic N) is 1. The number of ether oxygens (including phenoxy) is 1. The largest absolute Gasteiger partial charge is 0.497 e. The minimum Gasteiger partial charge on any atom is -0.497 e. The molecule has 1 rings (SSSR count). The molecule has 0 fully saturated rings. The van der Waals surface area contributed by atoms with Crippen LogP contribution in [-0.4, -0.2) is 36.9 Å². The van der Waals surface area contributed by atoms with Crippen molar-refractivity contribution in [3.8, 4) is 5.75 Å². The third-order valence-electron chi connectivity index (χ3n) is 2.57. The Morgan fingerprint density at radius 2 is 1.94 bits per heavy atom. The van der Waals surface area contributed by atoms with Crippen molar-refractivity contribution in [2.24, 2.45) is 0 Å². The van der Waals surface area contributed by atoms with Crippen molar-refractivity contribution < 1.29 is 14.3 Å². The second-order valence-electron chi connectivity index (χ2n) is 3.66. The molecule has 0 aromatic heterocycles. The first-order chi connectivity index (χ1) is 8.62. The number of nitrogens with one attached hydrogen (secondary N) is 1. The predicted molar refractivity (Wildman–Crippen MR) is 69.6 cm³/mol. The van der Waals surface area contributed by atoms with Gasteiger partial charge in [0.1, 0.15) is 5.75 Å². The molecule has 0 aliphatic carbocycles. The molecule has 5 nitrogen and oxygen atoms in total. The molecule has 1 aromatic carbocycles. The van der Waals surface area contributed by atoms with E-state index < -0.39 is 11.8 Å². The second-order valence-corrected chi connectivity index (χ2v) is 3.66. The van der Waals surface area contributed by atoms with Gasteiger partial charge in [-0.25, -0.2) is 0 Å². The van der Waals surface area contributed by atoms with E-state index in [1.165, 1.54) is 4.90 Å². The molecule has 1 aromatic rings. The normalized spacial score (nSPS) is 9.72. The van der Waals surface area contributed by atoms with Crippen molar-refractivity contribution in [2.75, 3.05) is 25.5 Å². The average molecular weight is 250 g/mol. The summed E-state index contributed by atoms with van der Waals surface area (Å²) in [7, 11) is 1.54. The van der Waals surface area contributed by atoms with Gasteiger partial charge in [0.15, 0.2) is 0 Å². The van der Waals surface area contributed by atoms with Crippen molar-refractivity contribution in [1.82, 2.24) is 4.90 Å². The van der Waals surface area contributed by atoms with Crippen molar-refractivity contribution in [2.45, 2.75) is 13.8 Å². The highest BCUT2D eigenvalue weighted by Crippen LogP contribution is 2.16. The zero-order valence-electron chi connectivity index (χ0n) is 10.9. The fourth-order valence-corrected chi connectivity index (χ4v) is 1.54. The van der Waals surface area contributed by atoms with Crippen molar-refractivity contribution in [1.29, 1.82) is 0 Å². The maximum Gasteiger partial charge on any atom is 0.313 e. The smallest absolute Gasteiger partial charge is 0.313 e. The fourth-order valence-electron chi connectivity index (χ4n) is 1.54. The minimum absolute atomic E-state index is 0.515. The van der Waals surface area contributed by atoms with E-state index in [4.69, 9.17) is 4.74 Å². The van der Waals surface area contributed by atoms with E-state index in [-0.39, 0.29) is 0 Å². The van der Waals surface area contributed by atoms with E-state index in [0.29, 0.717) is 24.5 Å². The Balaban J connectivity index is 2.71. The molecule has 0 aliphatic rings. The molecule has 0 saturated heterocycles. The summed E-state index contributed by atoms with van der Waals surface area (Å²) in [4.78, 5) is 24.9. The molecule has 1 N–H and O–H groups in total. The van der Waals surface area contributed by atoms with Crippen LogP contribution in [0.4, 0.5) is 5.69 Å². The summed E-state index contributed by atoms with van der Waals surface area (Å²) >= 11 is 0. The van der Waals surface area contributed by atoms with E-state index in [2.05, 4.69) is 5.32 Å². The van der Waals surface area contributed by atoms with Crippen molar-refractivity contribution in [3.05, 3.63) is 24.3 Å². The zero-order valence-corrected chi connectivity index (χ0v) is 10.9. The SMILES string of the molecule is CCN(CC)C(=O)C(=O)Nc1cccc(OC)c1. The van der Waals surface area contributed by atoms with Crippen molar-refractivity contribution >= 4 is 17.5 Å². The highest BCUT2D eigenvalue weighted by molar-refractivity contribution is 6.39. The van der Waals surface area contributed by atoms with Gasteiger partial charge in [-0.1, -0.05) is 6.07 Å². The summed E-state index contributed by atoms with van der Waals surface area (Å²) in [6.45, 7) is 4.70. The molecule has 0 bridgehead atoms. The number of likely N-dealkylation sites (N-methyl/N-ethyl adjacent to an activating group) is 1. The highest BCUT2D eigenvalue weighted by Gasteiger charge is 2.19. The van der Waals surface area contributed by atoms with E-state index in [1.807, 2.05) is 13.8 Å². The van der Waals surface area contributed by atoms with E-state index >= 15 is 0 Å². The molecule has 0 heterocycles. The summed E-state index contributed by atoms with van der Waals surface area (Å²) in [5.74, 6) is -0.530. The van der Waals surface area contributed by atoms with Gasteiger partial charge in [0, 0.05) is 24.8 Å². The maximum atomic E-state index is 11.7. The highest BCUT2D eigenvalue weighted by atomic mass is 16.5. The van der Waals surface area contributed by atoms with Crippen LogP contribution < -0.4 is 10.1 Å². The Bertz CT molecular complexity index is 428. The lowest BCUT2D eigenvalue weighted by Gasteiger charge is -2.17. The molecule has 0 saturated carbocycles. The van der Waals surface area contributed by atoms with E-state index in [9.17, 15) is 9.59 Å². The Kier molecular flexibility index (Phi) is 5.17. The summed E-state index contributed by atoms with van der Waals surface area (Å²) in [6.07, 6.45) is 0. The average Bonchev–Trinajstić information content (AvgIpc) is 2.40. The number of carbonyl (C=O) groups excluding carboxylic acids is 2. The van der Waals surface area contributed by atoms with Gasteiger partial charge in [-0.3, -0.25) is 9.59 Å². The van der Waals surface area contributed by atoms with Crippen LogP contribution in [0.3, 0.4) is 0 Å². The lowest BCUT2D eigenvalue weighted by molar-refractivity contribution is -0.142. The minimum atomic E-state index is -0.632. The van der Waals surface area contributed by atoms with Gasteiger partial charge in [0.05, 0.1) is 7.11 Å². The molecule has 0 aliphatic heterocycles. The molecule has 98 valence electrons. The van der Waals surface area contributed by atoms with Crippen LogP contribution >= 0.6 is 0 Å². The molecule has 2 amide bonds. The quantitative estimate of drug-likeness (QED) is 0.824. The Morgan fingerprint density at radius 3 is 2.50 bits per heavy atom. The molecule has 5 heteroatoms. The van der Waals surface area contributed by atoms with Crippen LogP contribution in [0.2, 0.25) is 0 Å². The Labute approximate surface area is 107 Å². The number of benzene rings is 1. The standard InChI is InChI=1S/C13H18N2O3/c1-4-15(5-2)13(17)12(16)14-10-7-6-8-11(9-10)18-3/h6-9H,4-5H2,1-3H3,(H,14,16). The third-order valence-corrected chi connectivity index (χ3v) is 2.57. The number of rotatable bonds is 4. The van der Waals surface area contributed by atoms with E-state index in [0.717, 1.165) is 0 Å². The first kappa shape index (κ1) is 14.0. The van der Waals surface area contributed by atoms with Gasteiger partial charge < -0.3 is 15.0 Å². The molecular weight excluding hydrogens is 232 g/mol. The molecule has 18 heavy (non-hydrogen) atoms. The Morgan fingerprint density at radius 1 is 1.28 bits per heavy atom. The summed E-state index contributed by atoms with van der Waals surface area (Å²) in [5, 5.41) is 2.56. The fraction of sp³-hybridized carbons (Fsp3) is 0.385. The van der Waals surface area contributed by atoms with E-state index in [1.54, 1.807) is 31.4 Å². The zero-order chi connectivity index (χ0) is 13.5. The van der Waals surface area contributed by atoms with Crippen LogP contribution in [0.1, 0.15) is 13.8 Å². The summed E-state index contributed by atoms with van der Waals surface area (Å²) < 4.78 is 5.04. The number of carbonyl (C=O) groups is 2. The first-order valence-corrected chi connectivity index (χ1v) is 5.86. The first-order valence-electron chi connectivity index (χ1n) is 5.86. The lowest BCUT2D eigenvalue weighted by Crippen LogP contribution is -2.39. The van der Waals surface area contributed by atoms with Gasteiger partial charge in [0.2, 0.25) is 0 Å². The molecule has 0 atom stereocenters. The van der Waals surface area contributed by atoms with Gasteiger partial charge in [-0.2, -0.15) is 0 Å². The number of amides is 2. The number of hydrogen-bond acceptors (Lipinski definition) is 3. The van der Waals surface area contributed by atoms with Crippen LogP contribution in [0.5, 0.6) is 5.75 Å². The summed E-state index contributed by atoms with van der Waals surface area (Å²) in [6, 6.07) is 6.88. The molecular formula is C13H18N2O3. The molecule has 0 unspecified atom stereocenters. The second kappa shape index (κ2) is 6.64.